The van der Waals surface area contributed by atoms with Crippen molar-refractivity contribution in [2.24, 2.45) is 17.8 Å². The molecule has 1 amide bonds. The summed E-state index contributed by atoms with van der Waals surface area (Å²) in [7, 11) is -3.50. The van der Waals surface area contributed by atoms with E-state index in [1.54, 1.807) is 18.3 Å². The fourth-order valence-electron chi connectivity index (χ4n) is 3.82. The molecule has 1 aromatic heterocycles. The van der Waals surface area contributed by atoms with E-state index >= 15 is 0 Å². The molecule has 136 valence electrons. The van der Waals surface area contributed by atoms with Crippen LogP contribution in [0, 0.1) is 17.8 Å². The molecule has 1 aromatic rings. The topological polar surface area (TPSA) is 79.4 Å². The van der Waals surface area contributed by atoms with Crippen molar-refractivity contribution < 1.29 is 13.2 Å². The highest BCUT2D eigenvalue weighted by molar-refractivity contribution is 7.89. The van der Waals surface area contributed by atoms with Gasteiger partial charge in [-0.25, -0.2) is 8.42 Å². The average Bonchev–Trinajstić information content (AvgIpc) is 3.54. The van der Waals surface area contributed by atoms with Crippen molar-refractivity contribution in [3.8, 4) is 0 Å². The summed E-state index contributed by atoms with van der Waals surface area (Å²) in [6.45, 7) is 0.791. The van der Waals surface area contributed by atoms with Crippen LogP contribution in [0.1, 0.15) is 38.5 Å². The lowest BCUT2D eigenvalue weighted by Crippen LogP contribution is -2.46. The molecule has 4 rings (SSSR count). The zero-order chi connectivity index (χ0) is 17.4. The van der Waals surface area contributed by atoms with Crippen LogP contribution in [0.15, 0.2) is 29.4 Å². The van der Waals surface area contributed by atoms with E-state index in [0.717, 1.165) is 0 Å². The summed E-state index contributed by atoms with van der Waals surface area (Å²) in [6, 6.07) is 3.56. The van der Waals surface area contributed by atoms with Gasteiger partial charge in [0.25, 0.3) is 0 Å². The van der Waals surface area contributed by atoms with Crippen molar-refractivity contribution in [2.45, 2.75) is 49.5 Å². The zero-order valence-corrected chi connectivity index (χ0v) is 15.1. The minimum absolute atomic E-state index is 0.0691. The lowest BCUT2D eigenvalue weighted by molar-refractivity contribution is -0.127. The van der Waals surface area contributed by atoms with E-state index in [-0.39, 0.29) is 16.7 Å². The number of rotatable bonds is 6. The second-order valence-corrected chi connectivity index (χ2v) is 9.51. The molecule has 0 atom stereocenters. The molecule has 1 N–H and O–H groups in total. The van der Waals surface area contributed by atoms with Gasteiger partial charge in [-0.3, -0.25) is 9.78 Å². The Bertz CT molecular complexity index is 709. The van der Waals surface area contributed by atoms with Crippen LogP contribution in [-0.2, 0) is 14.8 Å². The van der Waals surface area contributed by atoms with E-state index in [9.17, 15) is 13.2 Å². The number of aromatic nitrogens is 1. The molecule has 7 heteroatoms. The molecule has 0 bridgehead atoms. The number of hydrogen-bond donors (Lipinski definition) is 1. The predicted octanol–water partition coefficient (Wildman–Crippen LogP) is 1.79. The highest BCUT2D eigenvalue weighted by Crippen LogP contribution is 2.44. The lowest BCUT2D eigenvalue weighted by atomic mass is 9.96. The summed E-state index contributed by atoms with van der Waals surface area (Å²) in [6.07, 6.45) is 9.08. The second kappa shape index (κ2) is 6.68. The Morgan fingerprint density at radius 1 is 1.12 bits per heavy atom. The zero-order valence-electron chi connectivity index (χ0n) is 14.3. The molecule has 2 saturated carbocycles. The van der Waals surface area contributed by atoms with Crippen LogP contribution < -0.4 is 5.32 Å². The Morgan fingerprint density at radius 2 is 1.76 bits per heavy atom. The van der Waals surface area contributed by atoms with E-state index in [4.69, 9.17) is 0 Å². The Balaban J connectivity index is 1.34. The van der Waals surface area contributed by atoms with E-state index in [1.807, 2.05) is 0 Å². The number of nitrogens with one attached hydrogen (secondary N) is 1. The van der Waals surface area contributed by atoms with Crippen LogP contribution >= 0.6 is 0 Å². The van der Waals surface area contributed by atoms with Gasteiger partial charge in [0.15, 0.2) is 0 Å². The first-order valence-electron chi connectivity index (χ1n) is 9.26. The van der Waals surface area contributed by atoms with Gasteiger partial charge in [-0.1, -0.05) is 0 Å². The van der Waals surface area contributed by atoms with Crippen molar-refractivity contribution in [1.82, 2.24) is 14.6 Å². The molecule has 25 heavy (non-hydrogen) atoms. The van der Waals surface area contributed by atoms with Gasteiger partial charge < -0.3 is 5.32 Å². The van der Waals surface area contributed by atoms with Gasteiger partial charge in [0.05, 0.1) is 0 Å². The number of piperidine rings is 1. The molecular formula is C18H25N3O3S. The molecule has 1 saturated heterocycles. The number of hydrogen-bond acceptors (Lipinski definition) is 4. The number of carbonyl (C=O) groups is 1. The first-order valence-corrected chi connectivity index (χ1v) is 10.7. The molecule has 1 aliphatic heterocycles. The maximum absolute atomic E-state index is 12.6. The normalized spacial score (nSPS) is 22.9. The molecule has 0 radical (unpaired) electrons. The number of amides is 1. The van der Waals surface area contributed by atoms with Crippen LogP contribution in [0.5, 0.6) is 0 Å². The van der Waals surface area contributed by atoms with Crippen molar-refractivity contribution >= 4 is 15.9 Å². The van der Waals surface area contributed by atoms with Crippen LogP contribution in [-0.4, -0.2) is 42.7 Å². The lowest BCUT2D eigenvalue weighted by Gasteiger charge is -2.31. The number of carbonyl (C=O) groups excluding carboxylic acids is 1. The summed E-state index contributed by atoms with van der Waals surface area (Å²) in [4.78, 5) is 16.7. The third kappa shape index (κ3) is 3.72. The van der Waals surface area contributed by atoms with Crippen molar-refractivity contribution in [1.29, 1.82) is 0 Å². The second-order valence-electron chi connectivity index (χ2n) is 7.58. The third-order valence-electron chi connectivity index (χ3n) is 5.67. The van der Waals surface area contributed by atoms with E-state index in [2.05, 4.69) is 10.3 Å². The fraction of sp³-hybridized carbons (Fsp3) is 0.667. The molecule has 0 unspecified atom stereocenters. The van der Waals surface area contributed by atoms with Gasteiger partial charge in [-0.2, -0.15) is 4.31 Å². The maximum Gasteiger partial charge on any atom is 0.244 e. The fourth-order valence-corrected chi connectivity index (χ4v) is 5.25. The summed E-state index contributed by atoms with van der Waals surface area (Å²) >= 11 is 0. The van der Waals surface area contributed by atoms with Crippen molar-refractivity contribution in [3.63, 3.8) is 0 Å². The summed E-state index contributed by atoms with van der Waals surface area (Å²) in [5.74, 6) is 1.42. The Kier molecular flexibility index (Phi) is 4.54. The monoisotopic (exact) mass is 363 g/mol. The summed E-state index contributed by atoms with van der Waals surface area (Å²) < 4.78 is 26.7. The molecule has 3 aliphatic rings. The summed E-state index contributed by atoms with van der Waals surface area (Å²) in [5.41, 5.74) is 0. The molecular weight excluding hydrogens is 338 g/mol. The van der Waals surface area contributed by atoms with Crippen LogP contribution in [0.4, 0.5) is 0 Å². The molecule has 2 aliphatic carbocycles. The van der Waals surface area contributed by atoms with Gasteiger partial charge in [0.1, 0.15) is 4.90 Å². The van der Waals surface area contributed by atoms with E-state index < -0.39 is 10.0 Å². The first kappa shape index (κ1) is 17.0. The minimum atomic E-state index is -3.50. The van der Waals surface area contributed by atoms with Crippen LogP contribution in [0.3, 0.4) is 0 Å². The Hall–Kier alpha value is -1.47. The Labute approximate surface area is 149 Å². The number of pyridine rings is 1. The SMILES string of the molecule is O=C(NC(C1CC1)C1CC1)C1CCN(S(=O)(=O)c2cccnc2)CC1. The standard InChI is InChI=1S/C18H25N3O3S/c22-18(20-17(13-3-4-13)14-5-6-14)15-7-10-21(11-8-15)25(23,24)16-2-1-9-19-12-16/h1-2,9,12-15,17H,3-8,10-11H2,(H,20,22). The van der Waals surface area contributed by atoms with Crippen LogP contribution in [0.25, 0.3) is 0 Å². The molecule has 0 aromatic carbocycles. The molecule has 3 fully saturated rings. The van der Waals surface area contributed by atoms with Gasteiger partial charge in [0, 0.05) is 37.4 Å². The molecule has 2 heterocycles. The largest absolute Gasteiger partial charge is 0.353 e. The average molecular weight is 363 g/mol. The van der Waals surface area contributed by atoms with Crippen molar-refractivity contribution in [2.75, 3.05) is 13.1 Å². The van der Waals surface area contributed by atoms with Crippen LogP contribution in [0.2, 0.25) is 0 Å². The highest BCUT2D eigenvalue weighted by atomic mass is 32.2. The smallest absolute Gasteiger partial charge is 0.244 e. The predicted molar refractivity (Wildman–Crippen MR) is 93.1 cm³/mol. The minimum Gasteiger partial charge on any atom is -0.353 e. The first-order chi connectivity index (χ1) is 12.1. The number of nitrogens with zero attached hydrogens (tertiary/aromatic N) is 2. The Morgan fingerprint density at radius 3 is 2.28 bits per heavy atom. The van der Waals surface area contributed by atoms with E-state index in [1.165, 1.54) is 36.2 Å². The quantitative estimate of drug-likeness (QED) is 0.836. The van der Waals surface area contributed by atoms with Crippen molar-refractivity contribution in [3.05, 3.63) is 24.5 Å². The maximum atomic E-state index is 12.6. The molecule has 0 spiro atoms. The highest BCUT2D eigenvalue weighted by Gasteiger charge is 2.43. The van der Waals surface area contributed by atoms with Gasteiger partial charge in [-0.05, 0) is 62.5 Å². The van der Waals surface area contributed by atoms with E-state index in [0.29, 0.717) is 43.8 Å². The number of sulfonamides is 1. The summed E-state index contributed by atoms with van der Waals surface area (Å²) in [5, 5.41) is 3.28. The molecule has 6 nitrogen and oxygen atoms in total. The van der Waals surface area contributed by atoms with Gasteiger partial charge in [0.2, 0.25) is 15.9 Å². The third-order valence-corrected chi connectivity index (χ3v) is 7.55. The van der Waals surface area contributed by atoms with Gasteiger partial charge in [-0.15, -0.1) is 0 Å². The van der Waals surface area contributed by atoms with Gasteiger partial charge >= 0.3 is 0 Å².